The number of ether oxygens (including phenoxy) is 3. The maximum atomic E-state index is 13.6. The quantitative estimate of drug-likeness (QED) is 0.140. The average molecular weight is 556 g/mol. The molecule has 2 aliphatic rings. The van der Waals surface area contributed by atoms with Crippen molar-refractivity contribution in [1.82, 2.24) is 0 Å². The van der Waals surface area contributed by atoms with E-state index in [0.29, 0.717) is 53.9 Å². The lowest BCUT2D eigenvalue weighted by Gasteiger charge is -2.28. The van der Waals surface area contributed by atoms with Gasteiger partial charge in [-0.1, -0.05) is 64.8 Å². The van der Waals surface area contributed by atoms with E-state index in [0.717, 1.165) is 24.8 Å². The van der Waals surface area contributed by atoms with Crippen molar-refractivity contribution in [3.05, 3.63) is 89.0 Å². The van der Waals surface area contributed by atoms with E-state index >= 15 is 0 Å². The number of unbranched alkanes of at least 4 members (excludes halogenated alkanes) is 2. The number of amides is 1. The van der Waals surface area contributed by atoms with Gasteiger partial charge in [-0.25, -0.2) is 0 Å². The first-order valence-electron chi connectivity index (χ1n) is 14.2. The molecule has 1 atom stereocenters. The van der Waals surface area contributed by atoms with Crippen molar-refractivity contribution in [2.75, 3.05) is 24.7 Å². The highest BCUT2D eigenvalue weighted by molar-refractivity contribution is 6.51. The predicted octanol–water partition coefficient (Wildman–Crippen LogP) is 6.95. The molecule has 0 spiro atoms. The molecule has 1 unspecified atom stereocenters. The molecule has 5 rings (SSSR count). The summed E-state index contributed by atoms with van der Waals surface area (Å²) in [4.78, 5) is 28.6. The molecule has 7 nitrogen and oxygen atoms in total. The van der Waals surface area contributed by atoms with Crippen LogP contribution in [-0.2, 0) is 15.0 Å². The molecule has 3 aromatic carbocycles. The molecule has 0 aliphatic carbocycles. The van der Waals surface area contributed by atoms with Gasteiger partial charge in [0, 0.05) is 17.3 Å². The molecule has 41 heavy (non-hydrogen) atoms. The number of ketones is 1. The summed E-state index contributed by atoms with van der Waals surface area (Å²) in [5, 5.41) is 11.5. The lowest BCUT2D eigenvalue weighted by atomic mass is 9.85. The molecule has 0 aromatic heterocycles. The zero-order valence-corrected chi connectivity index (χ0v) is 24.1. The van der Waals surface area contributed by atoms with Crippen LogP contribution >= 0.6 is 0 Å². The summed E-state index contributed by atoms with van der Waals surface area (Å²) in [7, 11) is 0. The molecule has 1 amide bonds. The zero-order valence-electron chi connectivity index (χ0n) is 24.1. The Labute approximate surface area is 241 Å². The number of carbonyl (C=O) groups is 2. The van der Waals surface area contributed by atoms with Crippen LogP contribution in [-0.4, -0.2) is 36.6 Å². The highest BCUT2D eigenvalue weighted by Gasteiger charge is 2.47. The molecule has 1 fully saturated rings. The largest absolute Gasteiger partial charge is 0.507 e. The molecule has 3 aromatic rings. The molecule has 214 valence electrons. The summed E-state index contributed by atoms with van der Waals surface area (Å²) in [6, 6.07) is 19.2. The van der Waals surface area contributed by atoms with E-state index in [1.165, 1.54) is 4.90 Å². The van der Waals surface area contributed by atoms with Gasteiger partial charge in [-0.3, -0.25) is 14.5 Å². The number of hydrogen-bond donors (Lipinski definition) is 1. The number of fused-ring (bicyclic) bond motifs is 1. The third-order valence-corrected chi connectivity index (χ3v) is 7.49. The van der Waals surface area contributed by atoms with Crippen molar-refractivity contribution in [2.24, 2.45) is 0 Å². The Hall–Kier alpha value is -4.26. The summed E-state index contributed by atoms with van der Waals surface area (Å²) in [5.74, 6) is 0.0763. The smallest absolute Gasteiger partial charge is 0.300 e. The SMILES string of the molecule is CCCCCOc1ccc(/C(O)=C2\C(=O)C(=O)N(c3ccc4c(c3)OCCO4)C2c2ccc(C(C)(C)C)cc2)cc1. The third kappa shape index (κ3) is 5.80. The minimum Gasteiger partial charge on any atom is -0.507 e. The molecule has 2 heterocycles. The van der Waals surface area contributed by atoms with Crippen LogP contribution < -0.4 is 19.1 Å². The van der Waals surface area contributed by atoms with E-state index in [1.807, 2.05) is 24.3 Å². The van der Waals surface area contributed by atoms with Gasteiger partial charge in [0.25, 0.3) is 11.7 Å². The lowest BCUT2D eigenvalue weighted by Crippen LogP contribution is -2.29. The van der Waals surface area contributed by atoms with E-state index < -0.39 is 17.7 Å². The van der Waals surface area contributed by atoms with E-state index in [2.05, 4.69) is 27.7 Å². The van der Waals surface area contributed by atoms with Gasteiger partial charge in [-0.05, 0) is 59.4 Å². The molecule has 7 heteroatoms. The van der Waals surface area contributed by atoms with Crippen LogP contribution in [0.15, 0.2) is 72.3 Å². The van der Waals surface area contributed by atoms with E-state index in [-0.39, 0.29) is 16.7 Å². The highest BCUT2D eigenvalue weighted by Crippen LogP contribution is 2.45. The first-order valence-corrected chi connectivity index (χ1v) is 14.2. The van der Waals surface area contributed by atoms with Crippen molar-refractivity contribution < 1.29 is 28.9 Å². The van der Waals surface area contributed by atoms with E-state index in [1.54, 1.807) is 42.5 Å². The summed E-state index contributed by atoms with van der Waals surface area (Å²) in [6.45, 7) is 9.97. The minimum absolute atomic E-state index is 0.0324. The number of aliphatic hydroxyl groups is 1. The standard InChI is InChI=1S/C34H37NO6/c1-5-6-7-18-39-26-15-10-23(11-16-26)31(36)29-30(22-8-12-24(13-9-22)34(2,3)4)35(33(38)32(29)37)25-14-17-27-28(21-25)41-20-19-40-27/h8-17,21,30,36H,5-7,18-20H2,1-4H3/b31-29+. The monoisotopic (exact) mass is 555 g/mol. The fourth-order valence-electron chi connectivity index (χ4n) is 5.17. The number of carbonyl (C=O) groups excluding carboxylic acids is 2. The predicted molar refractivity (Wildman–Crippen MR) is 159 cm³/mol. The fourth-order valence-corrected chi connectivity index (χ4v) is 5.17. The fraction of sp³-hybridized carbons (Fsp3) is 0.353. The first-order chi connectivity index (χ1) is 19.7. The Morgan fingerprint density at radius 1 is 0.927 bits per heavy atom. The Morgan fingerprint density at radius 2 is 1.61 bits per heavy atom. The Morgan fingerprint density at radius 3 is 2.27 bits per heavy atom. The first kappa shape index (κ1) is 28.3. The van der Waals surface area contributed by atoms with Gasteiger partial charge in [-0.15, -0.1) is 0 Å². The number of aliphatic hydroxyl groups excluding tert-OH is 1. The Bertz CT molecular complexity index is 1450. The molecule has 1 saturated heterocycles. The van der Waals surface area contributed by atoms with Crippen LogP contribution in [0.25, 0.3) is 5.76 Å². The van der Waals surface area contributed by atoms with Gasteiger partial charge in [0.05, 0.1) is 18.2 Å². The number of anilines is 1. The van der Waals surface area contributed by atoms with Gasteiger partial charge in [0.15, 0.2) is 11.5 Å². The molecule has 0 radical (unpaired) electrons. The topological polar surface area (TPSA) is 85.3 Å². The summed E-state index contributed by atoms with van der Waals surface area (Å²) < 4.78 is 17.2. The number of nitrogens with zero attached hydrogens (tertiary/aromatic N) is 1. The van der Waals surface area contributed by atoms with Gasteiger partial charge in [-0.2, -0.15) is 0 Å². The molecule has 1 N–H and O–H groups in total. The summed E-state index contributed by atoms with van der Waals surface area (Å²) in [5.41, 5.74) is 2.70. The molecular formula is C34H37NO6. The number of hydrogen-bond acceptors (Lipinski definition) is 6. The van der Waals surface area contributed by atoms with Crippen molar-refractivity contribution >= 4 is 23.1 Å². The van der Waals surface area contributed by atoms with Crippen LogP contribution in [0, 0.1) is 0 Å². The molecular weight excluding hydrogens is 518 g/mol. The van der Waals surface area contributed by atoms with Gasteiger partial charge < -0.3 is 19.3 Å². The summed E-state index contributed by atoms with van der Waals surface area (Å²) in [6.07, 6.45) is 3.18. The van der Waals surface area contributed by atoms with Crippen LogP contribution in [0.4, 0.5) is 5.69 Å². The maximum absolute atomic E-state index is 13.6. The maximum Gasteiger partial charge on any atom is 0.300 e. The minimum atomic E-state index is -0.837. The summed E-state index contributed by atoms with van der Waals surface area (Å²) >= 11 is 0. The van der Waals surface area contributed by atoms with Crippen LogP contribution in [0.2, 0.25) is 0 Å². The number of rotatable bonds is 8. The van der Waals surface area contributed by atoms with Crippen LogP contribution in [0.1, 0.15) is 69.7 Å². The van der Waals surface area contributed by atoms with Crippen molar-refractivity contribution in [3.63, 3.8) is 0 Å². The second-order valence-electron chi connectivity index (χ2n) is 11.4. The lowest BCUT2D eigenvalue weighted by molar-refractivity contribution is -0.132. The molecule has 0 saturated carbocycles. The second-order valence-corrected chi connectivity index (χ2v) is 11.4. The number of Topliss-reactive ketones (excluding diaryl/α,β-unsaturated/α-hetero) is 1. The van der Waals surface area contributed by atoms with Crippen LogP contribution in [0.3, 0.4) is 0 Å². The van der Waals surface area contributed by atoms with Gasteiger partial charge >= 0.3 is 0 Å². The normalized spacial score (nSPS) is 18.0. The Balaban J connectivity index is 1.57. The Kier molecular flexibility index (Phi) is 8.06. The van der Waals surface area contributed by atoms with Crippen molar-refractivity contribution in [1.29, 1.82) is 0 Å². The average Bonchev–Trinajstić information content (AvgIpc) is 3.24. The third-order valence-electron chi connectivity index (χ3n) is 7.49. The van der Waals surface area contributed by atoms with E-state index in [9.17, 15) is 14.7 Å². The zero-order chi connectivity index (χ0) is 29.1. The van der Waals surface area contributed by atoms with E-state index in [4.69, 9.17) is 14.2 Å². The second kappa shape index (κ2) is 11.7. The van der Waals surface area contributed by atoms with Crippen LogP contribution in [0.5, 0.6) is 17.2 Å². The number of benzene rings is 3. The molecule has 2 aliphatic heterocycles. The highest BCUT2D eigenvalue weighted by atomic mass is 16.6. The van der Waals surface area contributed by atoms with Crippen molar-refractivity contribution in [3.8, 4) is 17.2 Å². The van der Waals surface area contributed by atoms with Crippen molar-refractivity contribution in [2.45, 2.75) is 58.4 Å². The van der Waals surface area contributed by atoms with Gasteiger partial charge in [0.1, 0.15) is 24.7 Å². The molecule has 0 bridgehead atoms. The van der Waals surface area contributed by atoms with Gasteiger partial charge in [0.2, 0.25) is 0 Å².